The van der Waals surface area contributed by atoms with Crippen LogP contribution in [0.2, 0.25) is 0 Å². The first-order chi connectivity index (χ1) is 18.4. The van der Waals surface area contributed by atoms with Crippen molar-refractivity contribution in [2.24, 2.45) is 17.6 Å². The van der Waals surface area contributed by atoms with Crippen molar-refractivity contribution >= 4 is 23.9 Å². The molecule has 0 aromatic heterocycles. The van der Waals surface area contributed by atoms with Gasteiger partial charge in [0.1, 0.15) is 12.1 Å². The van der Waals surface area contributed by atoms with E-state index in [4.69, 9.17) is 19.9 Å². The van der Waals surface area contributed by atoms with E-state index < -0.39 is 41.9 Å². The predicted octanol–water partition coefficient (Wildman–Crippen LogP) is 5.77. The number of carbonyl (C=O) groups is 4. The summed E-state index contributed by atoms with van der Waals surface area (Å²) in [6, 6.07) is 3.27. The fourth-order valence-electron chi connectivity index (χ4n) is 4.26. The minimum atomic E-state index is -1.33. The third kappa shape index (κ3) is 12.2. The largest absolute Gasteiger partial charge is 0.480 e. The number of unbranched alkanes of at least 4 members (excludes halogenated alkanes) is 4. The second kappa shape index (κ2) is 17.6. The van der Waals surface area contributed by atoms with Crippen LogP contribution in [-0.4, -0.2) is 41.1 Å². The van der Waals surface area contributed by atoms with Crippen LogP contribution >= 0.6 is 0 Å². The van der Waals surface area contributed by atoms with Crippen LogP contribution in [0.15, 0.2) is 18.2 Å². The highest BCUT2D eigenvalue weighted by atomic mass is 16.6. The summed E-state index contributed by atoms with van der Waals surface area (Å²) < 4.78 is 16.7. The van der Waals surface area contributed by atoms with Crippen molar-refractivity contribution in [1.29, 1.82) is 0 Å². The first kappa shape index (κ1) is 34.1. The molecule has 1 rings (SSSR count). The second-order valence-corrected chi connectivity index (χ2v) is 10.6. The van der Waals surface area contributed by atoms with Crippen molar-refractivity contribution in [2.45, 2.75) is 117 Å². The maximum atomic E-state index is 12.6. The minimum absolute atomic E-state index is 0.0251. The number of nitrogens with two attached hydrogens (primary N) is 1. The Morgan fingerprint density at radius 2 is 1.36 bits per heavy atom. The number of carbonyl (C=O) groups excluding carboxylic acids is 3. The van der Waals surface area contributed by atoms with Crippen molar-refractivity contribution in [1.82, 2.24) is 0 Å². The van der Waals surface area contributed by atoms with E-state index in [0.717, 1.165) is 25.7 Å². The first-order valence-electron chi connectivity index (χ1n) is 14.1. The number of ether oxygens (including phenoxy) is 3. The molecule has 3 unspecified atom stereocenters. The fourth-order valence-corrected chi connectivity index (χ4v) is 4.26. The maximum absolute atomic E-state index is 12.6. The number of rotatable bonds is 18. The van der Waals surface area contributed by atoms with Gasteiger partial charge in [-0.3, -0.25) is 19.2 Å². The van der Waals surface area contributed by atoms with E-state index in [1.807, 2.05) is 27.7 Å². The van der Waals surface area contributed by atoms with Gasteiger partial charge in [-0.1, -0.05) is 66.4 Å². The summed E-state index contributed by atoms with van der Waals surface area (Å²) in [5.74, 6) is -3.60. The van der Waals surface area contributed by atoms with Gasteiger partial charge in [0, 0.05) is 31.1 Å². The Kier molecular flexibility index (Phi) is 15.4. The molecule has 0 aliphatic heterocycles. The van der Waals surface area contributed by atoms with E-state index in [1.165, 1.54) is 12.1 Å². The highest BCUT2D eigenvalue weighted by Crippen LogP contribution is 2.37. The lowest BCUT2D eigenvalue weighted by Gasteiger charge is -2.32. The van der Waals surface area contributed by atoms with Gasteiger partial charge in [0.05, 0.1) is 0 Å². The van der Waals surface area contributed by atoms with Gasteiger partial charge < -0.3 is 25.1 Å². The molecule has 1 aromatic rings. The standard InChI is InChI=1S/C30H47NO8/c1-7-9-11-13-25(32)38-23-16-15-22(18-24(23)39-26(33)14-12-10-8-2)28(29(31)30(35)36)20(5)21(6)37-27(34)17-19(3)4/h15-16,18-21,28-29H,7-14,17,31H2,1-6H3,(H,35,36)/t20?,21?,28?,29-/m0/s1. The van der Waals surface area contributed by atoms with E-state index in [9.17, 15) is 24.3 Å². The lowest BCUT2D eigenvalue weighted by Crippen LogP contribution is -2.42. The molecule has 39 heavy (non-hydrogen) atoms. The van der Waals surface area contributed by atoms with Crippen LogP contribution in [0.25, 0.3) is 0 Å². The van der Waals surface area contributed by atoms with Crippen LogP contribution in [0.3, 0.4) is 0 Å². The summed E-state index contributed by atoms with van der Waals surface area (Å²) in [5.41, 5.74) is 6.59. The molecule has 0 aliphatic carbocycles. The average molecular weight is 550 g/mol. The molecule has 0 heterocycles. The predicted molar refractivity (Wildman–Crippen MR) is 149 cm³/mol. The van der Waals surface area contributed by atoms with Gasteiger partial charge in [-0.05, 0) is 43.4 Å². The van der Waals surface area contributed by atoms with E-state index in [-0.39, 0.29) is 42.6 Å². The van der Waals surface area contributed by atoms with Gasteiger partial charge in [0.25, 0.3) is 0 Å². The summed E-state index contributed by atoms with van der Waals surface area (Å²) in [6.07, 6.45) is 5.01. The van der Waals surface area contributed by atoms with E-state index >= 15 is 0 Å². The highest BCUT2D eigenvalue weighted by Gasteiger charge is 2.36. The molecule has 9 nitrogen and oxygen atoms in total. The Bertz CT molecular complexity index is 945. The zero-order chi connectivity index (χ0) is 29.5. The third-order valence-corrected chi connectivity index (χ3v) is 6.64. The lowest BCUT2D eigenvalue weighted by atomic mass is 9.79. The molecule has 0 spiro atoms. The molecule has 3 N–H and O–H groups in total. The smallest absolute Gasteiger partial charge is 0.321 e. The van der Waals surface area contributed by atoms with Crippen LogP contribution in [0.4, 0.5) is 0 Å². The SMILES string of the molecule is CCCCCC(=O)Oc1ccc(C(C(C)C(C)OC(=O)CC(C)C)[C@H](N)C(=O)O)cc1OC(=O)CCCCC. The van der Waals surface area contributed by atoms with Gasteiger partial charge in [0.2, 0.25) is 0 Å². The number of esters is 3. The number of hydrogen-bond donors (Lipinski definition) is 2. The molecule has 220 valence electrons. The number of carboxylic acids is 1. The minimum Gasteiger partial charge on any atom is -0.480 e. The van der Waals surface area contributed by atoms with E-state index in [0.29, 0.717) is 18.4 Å². The molecule has 9 heteroatoms. The molecule has 0 radical (unpaired) electrons. The average Bonchev–Trinajstić information content (AvgIpc) is 2.85. The molecular weight excluding hydrogens is 502 g/mol. The fraction of sp³-hybridized carbons (Fsp3) is 0.667. The topological polar surface area (TPSA) is 142 Å². The van der Waals surface area contributed by atoms with Gasteiger partial charge in [-0.2, -0.15) is 0 Å². The molecule has 4 atom stereocenters. The van der Waals surface area contributed by atoms with Crippen LogP contribution in [-0.2, 0) is 23.9 Å². The number of hydrogen-bond acceptors (Lipinski definition) is 8. The van der Waals surface area contributed by atoms with Gasteiger partial charge in [-0.15, -0.1) is 0 Å². The Balaban J connectivity index is 3.36. The van der Waals surface area contributed by atoms with Gasteiger partial charge in [0.15, 0.2) is 11.5 Å². The highest BCUT2D eigenvalue weighted by molar-refractivity contribution is 5.77. The molecule has 0 bridgehead atoms. The maximum Gasteiger partial charge on any atom is 0.321 e. The Morgan fingerprint density at radius 3 is 1.85 bits per heavy atom. The van der Waals surface area contributed by atoms with E-state index in [1.54, 1.807) is 19.9 Å². The van der Waals surface area contributed by atoms with Crippen LogP contribution in [0.5, 0.6) is 11.5 Å². The van der Waals surface area contributed by atoms with Crippen molar-refractivity contribution in [3.8, 4) is 11.5 Å². The van der Waals surface area contributed by atoms with Crippen LogP contribution in [0.1, 0.15) is 111 Å². The molecule has 0 aliphatic rings. The van der Waals surface area contributed by atoms with E-state index in [2.05, 4.69) is 0 Å². The first-order valence-corrected chi connectivity index (χ1v) is 14.1. The van der Waals surface area contributed by atoms with Crippen molar-refractivity contribution < 1.29 is 38.5 Å². The summed E-state index contributed by atoms with van der Waals surface area (Å²) in [5, 5.41) is 9.77. The molecular formula is C30H47NO8. The molecule has 0 saturated carbocycles. The number of benzene rings is 1. The number of aliphatic carboxylic acids is 1. The summed E-state index contributed by atoms with van der Waals surface area (Å²) in [7, 11) is 0. The van der Waals surface area contributed by atoms with Crippen molar-refractivity contribution in [3.05, 3.63) is 23.8 Å². The van der Waals surface area contributed by atoms with Gasteiger partial charge >= 0.3 is 23.9 Å². The molecule has 0 amide bonds. The summed E-state index contributed by atoms with van der Waals surface area (Å²) >= 11 is 0. The summed E-state index contributed by atoms with van der Waals surface area (Å²) in [4.78, 5) is 49.2. The van der Waals surface area contributed by atoms with Crippen molar-refractivity contribution in [3.63, 3.8) is 0 Å². The zero-order valence-corrected chi connectivity index (χ0v) is 24.4. The van der Waals surface area contributed by atoms with Crippen LogP contribution < -0.4 is 15.2 Å². The second-order valence-electron chi connectivity index (χ2n) is 10.6. The Labute approximate surface area is 232 Å². The normalized spacial score (nSPS) is 14.3. The number of carboxylic acid groups (broad SMARTS) is 1. The quantitative estimate of drug-likeness (QED) is 0.133. The Hall–Kier alpha value is -2.94. The van der Waals surface area contributed by atoms with Crippen LogP contribution in [0, 0.1) is 11.8 Å². The summed E-state index contributed by atoms with van der Waals surface area (Å²) in [6.45, 7) is 11.3. The molecule has 0 saturated heterocycles. The lowest BCUT2D eigenvalue weighted by molar-refractivity contribution is -0.152. The molecule has 0 fully saturated rings. The third-order valence-electron chi connectivity index (χ3n) is 6.64. The monoisotopic (exact) mass is 549 g/mol. The van der Waals surface area contributed by atoms with Gasteiger partial charge in [-0.25, -0.2) is 0 Å². The Morgan fingerprint density at radius 1 is 0.821 bits per heavy atom. The molecule has 1 aromatic carbocycles. The zero-order valence-electron chi connectivity index (χ0n) is 24.4. The van der Waals surface area contributed by atoms with Crippen molar-refractivity contribution in [2.75, 3.05) is 0 Å².